The Balaban J connectivity index is 1.75. The van der Waals surface area contributed by atoms with Crippen molar-refractivity contribution >= 4 is 17.5 Å². The summed E-state index contributed by atoms with van der Waals surface area (Å²) in [6.45, 7) is 2.44. The first-order valence-electron chi connectivity index (χ1n) is 8.19. The van der Waals surface area contributed by atoms with Crippen molar-refractivity contribution in [1.82, 2.24) is 14.9 Å². The maximum absolute atomic E-state index is 12.5. The largest absolute Gasteiger partial charge is 0.368 e. The molecule has 0 spiro atoms. The Morgan fingerprint density at radius 2 is 2.12 bits per heavy atom. The molecule has 6 heteroatoms. The second-order valence-electron chi connectivity index (χ2n) is 6.31. The second kappa shape index (κ2) is 7.36. The van der Waals surface area contributed by atoms with Gasteiger partial charge >= 0.3 is 0 Å². The molecule has 0 aliphatic heterocycles. The number of nitrogens with zero attached hydrogens (tertiary/aromatic N) is 2. The van der Waals surface area contributed by atoms with Gasteiger partial charge in [-0.05, 0) is 43.4 Å². The molecule has 2 unspecified atom stereocenters. The van der Waals surface area contributed by atoms with E-state index in [0.29, 0.717) is 17.5 Å². The zero-order chi connectivity index (χ0) is 17.1. The van der Waals surface area contributed by atoms with Gasteiger partial charge in [0.25, 0.3) is 0 Å². The minimum absolute atomic E-state index is 0.140. The van der Waals surface area contributed by atoms with Crippen LogP contribution in [0.5, 0.6) is 0 Å². The lowest BCUT2D eigenvalue weighted by Crippen LogP contribution is -2.38. The van der Waals surface area contributed by atoms with Gasteiger partial charge in [0.05, 0.1) is 6.61 Å². The predicted octanol–water partition coefficient (Wildman–Crippen LogP) is 3.09. The van der Waals surface area contributed by atoms with E-state index in [1.165, 1.54) is 12.8 Å². The number of hydrogen-bond donors (Lipinski definition) is 1. The molecule has 2 atom stereocenters. The molecule has 5 nitrogen and oxygen atoms in total. The summed E-state index contributed by atoms with van der Waals surface area (Å²) >= 11 is 5.98. The Morgan fingerprint density at radius 3 is 2.71 bits per heavy atom. The average Bonchev–Trinajstić information content (AvgIpc) is 3.31. The number of ether oxygens (including phenoxy) is 1. The summed E-state index contributed by atoms with van der Waals surface area (Å²) in [6, 6.07) is 7.08. The van der Waals surface area contributed by atoms with Gasteiger partial charge in [-0.25, -0.2) is 4.98 Å². The molecule has 24 heavy (non-hydrogen) atoms. The summed E-state index contributed by atoms with van der Waals surface area (Å²) in [4.78, 5) is 16.9. The molecule has 1 amide bonds. The summed E-state index contributed by atoms with van der Waals surface area (Å²) < 4.78 is 7.57. The molecular formula is C18H22ClN3O2. The van der Waals surface area contributed by atoms with E-state index < -0.39 is 6.10 Å². The number of rotatable bonds is 7. The summed E-state index contributed by atoms with van der Waals surface area (Å²) in [5.41, 5.74) is 0.927. The van der Waals surface area contributed by atoms with Crippen molar-refractivity contribution in [2.24, 2.45) is 13.0 Å². The van der Waals surface area contributed by atoms with Crippen molar-refractivity contribution in [3.05, 3.63) is 53.1 Å². The topological polar surface area (TPSA) is 56.1 Å². The number of carbonyl (C=O) groups is 1. The third kappa shape index (κ3) is 4.16. The Kier molecular flexibility index (Phi) is 5.21. The molecule has 1 N–H and O–H groups in total. The number of amides is 1. The quantitative estimate of drug-likeness (QED) is 0.837. The molecule has 1 aliphatic carbocycles. The van der Waals surface area contributed by atoms with E-state index in [1.54, 1.807) is 13.1 Å². The van der Waals surface area contributed by atoms with Crippen molar-refractivity contribution in [1.29, 1.82) is 0 Å². The standard InChI is InChI=1S/C18H22ClN3O2/c1-12(24-11-13-3-4-13)18(23)21-16(17-20-9-10-22(17)2)14-5-7-15(19)8-6-14/h5-10,12-13,16H,3-4,11H2,1-2H3,(H,21,23). The lowest BCUT2D eigenvalue weighted by Gasteiger charge is -2.21. The number of aryl methyl sites for hydroxylation is 1. The van der Waals surface area contributed by atoms with Crippen LogP contribution in [-0.4, -0.2) is 28.2 Å². The van der Waals surface area contributed by atoms with Crippen LogP contribution in [-0.2, 0) is 16.6 Å². The highest BCUT2D eigenvalue weighted by Crippen LogP contribution is 2.29. The van der Waals surface area contributed by atoms with Crippen LogP contribution < -0.4 is 5.32 Å². The summed E-state index contributed by atoms with van der Waals surface area (Å²) in [5, 5.41) is 3.71. The molecule has 0 saturated heterocycles. The van der Waals surface area contributed by atoms with Crippen molar-refractivity contribution in [2.45, 2.75) is 31.9 Å². The van der Waals surface area contributed by atoms with Crippen LogP contribution in [0.25, 0.3) is 0 Å². The normalized spacial score (nSPS) is 16.6. The van der Waals surface area contributed by atoms with Gasteiger partial charge < -0.3 is 14.6 Å². The van der Waals surface area contributed by atoms with Gasteiger partial charge in [0, 0.05) is 24.5 Å². The first-order chi connectivity index (χ1) is 11.5. The fourth-order valence-corrected chi connectivity index (χ4v) is 2.63. The highest BCUT2D eigenvalue weighted by molar-refractivity contribution is 6.30. The predicted molar refractivity (Wildman–Crippen MR) is 92.8 cm³/mol. The van der Waals surface area contributed by atoms with E-state index in [9.17, 15) is 4.79 Å². The molecule has 0 bridgehead atoms. The maximum atomic E-state index is 12.5. The molecule has 3 rings (SSSR count). The number of hydrogen-bond acceptors (Lipinski definition) is 3. The summed E-state index contributed by atoms with van der Waals surface area (Å²) in [6.07, 6.45) is 5.50. The minimum atomic E-state index is -0.485. The van der Waals surface area contributed by atoms with E-state index in [1.807, 2.05) is 42.1 Å². The number of halogens is 1. The maximum Gasteiger partial charge on any atom is 0.249 e. The van der Waals surface area contributed by atoms with Crippen molar-refractivity contribution < 1.29 is 9.53 Å². The SMILES string of the molecule is CC(OCC1CC1)C(=O)NC(c1ccc(Cl)cc1)c1nccn1C. The second-order valence-corrected chi connectivity index (χ2v) is 6.74. The molecular weight excluding hydrogens is 326 g/mol. The van der Waals surface area contributed by atoms with E-state index in [-0.39, 0.29) is 11.9 Å². The van der Waals surface area contributed by atoms with Crippen LogP contribution in [0.4, 0.5) is 0 Å². The van der Waals surface area contributed by atoms with Gasteiger partial charge in [-0.1, -0.05) is 23.7 Å². The minimum Gasteiger partial charge on any atom is -0.368 e. The third-order valence-electron chi connectivity index (χ3n) is 4.25. The summed E-state index contributed by atoms with van der Waals surface area (Å²) in [5.74, 6) is 1.25. The number of carbonyl (C=O) groups excluding carboxylic acids is 1. The van der Waals surface area contributed by atoms with Crippen molar-refractivity contribution in [3.8, 4) is 0 Å². The van der Waals surface area contributed by atoms with Gasteiger partial charge in [0.1, 0.15) is 18.0 Å². The van der Waals surface area contributed by atoms with Crippen LogP contribution in [0.1, 0.15) is 37.2 Å². The van der Waals surface area contributed by atoms with Gasteiger partial charge in [-0.3, -0.25) is 4.79 Å². The molecule has 2 aromatic rings. The molecule has 0 radical (unpaired) electrons. The van der Waals surface area contributed by atoms with Crippen LogP contribution in [0.3, 0.4) is 0 Å². The Bertz CT molecular complexity index is 695. The van der Waals surface area contributed by atoms with Crippen LogP contribution >= 0.6 is 11.6 Å². The highest BCUT2D eigenvalue weighted by atomic mass is 35.5. The van der Waals surface area contributed by atoms with Crippen LogP contribution in [0.2, 0.25) is 5.02 Å². The van der Waals surface area contributed by atoms with Gasteiger partial charge in [0.2, 0.25) is 5.91 Å². The number of imidazole rings is 1. The fourth-order valence-electron chi connectivity index (χ4n) is 2.51. The average molecular weight is 348 g/mol. The van der Waals surface area contributed by atoms with Crippen molar-refractivity contribution in [2.75, 3.05) is 6.61 Å². The van der Waals surface area contributed by atoms with Gasteiger partial charge in [-0.2, -0.15) is 0 Å². The highest BCUT2D eigenvalue weighted by Gasteiger charge is 2.26. The lowest BCUT2D eigenvalue weighted by molar-refractivity contribution is -0.132. The van der Waals surface area contributed by atoms with Crippen molar-refractivity contribution in [3.63, 3.8) is 0 Å². The fraction of sp³-hybridized carbons (Fsp3) is 0.444. The zero-order valence-electron chi connectivity index (χ0n) is 13.9. The van der Waals surface area contributed by atoms with Gasteiger partial charge in [-0.15, -0.1) is 0 Å². The number of aromatic nitrogens is 2. The molecule has 1 heterocycles. The molecule has 1 saturated carbocycles. The lowest BCUT2D eigenvalue weighted by atomic mass is 10.1. The Labute approximate surface area is 147 Å². The first-order valence-corrected chi connectivity index (χ1v) is 8.57. The zero-order valence-corrected chi connectivity index (χ0v) is 14.7. The molecule has 128 valence electrons. The van der Waals surface area contributed by atoms with E-state index >= 15 is 0 Å². The van der Waals surface area contributed by atoms with Crippen LogP contribution in [0, 0.1) is 5.92 Å². The molecule has 1 aromatic carbocycles. The molecule has 1 aromatic heterocycles. The van der Waals surface area contributed by atoms with Crippen LogP contribution in [0.15, 0.2) is 36.7 Å². The first kappa shape index (κ1) is 17.0. The van der Waals surface area contributed by atoms with Gasteiger partial charge in [0.15, 0.2) is 0 Å². The number of nitrogens with one attached hydrogen (secondary N) is 1. The van der Waals surface area contributed by atoms with E-state index in [0.717, 1.165) is 11.4 Å². The van der Waals surface area contributed by atoms with E-state index in [4.69, 9.17) is 16.3 Å². The number of benzene rings is 1. The summed E-state index contributed by atoms with van der Waals surface area (Å²) in [7, 11) is 1.91. The Morgan fingerprint density at radius 1 is 1.42 bits per heavy atom. The molecule has 1 fully saturated rings. The monoisotopic (exact) mass is 347 g/mol. The third-order valence-corrected chi connectivity index (χ3v) is 4.51. The Hall–Kier alpha value is -1.85. The van der Waals surface area contributed by atoms with E-state index in [2.05, 4.69) is 10.3 Å². The molecule has 1 aliphatic rings. The smallest absolute Gasteiger partial charge is 0.249 e.